The summed E-state index contributed by atoms with van der Waals surface area (Å²) in [5.41, 5.74) is 7.62. The van der Waals surface area contributed by atoms with E-state index in [0.29, 0.717) is 32.4 Å². The molecule has 1 aliphatic heterocycles. The number of benzene rings is 2. The van der Waals surface area contributed by atoms with Crippen molar-refractivity contribution < 1.29 is 9.59 Å². The van der Waals surface area contributed by atoms with E-state index in [1.165, 1.54) is 12.0 Å². The largest absolute Gasteiger partial charge is 0.371 e. The second kappa shape index (κ2) is 10.3. The average Bonchev–Trinajstić information content (AvgIpc) is 2.89. The molecule has 34 heavy (non-hydrogen) atoms. The highest BCUT2D eigenvalue weighted by atomic mass is 16.2. The normalized spacial score (nSPS) is 19.1. The molecule has 2 fully saturated rings. The molecular weight excluding hydrogens is 424 g/mol. The Hall–Kier alpha value is -3.33. The molecule has 4 rings (SSSR count). The van der Waals surface area contributed by atoms with Crippen molar-refractivity contribution in [1.82, 2.24) is 5.32 Å². The fraction of sp³-hybridized carbons (Fsp3) is 0.429. The van der Waals surface area contributed by atoms with Crippen molar-refractivity contribution in [2.75, 3.05) is 18.0 Å². The Labute approximate surface area is 202 Å². The molecule has 0 aromatic heterocycles. The van der Waals surface area contributed by atoms with Gasteiger partial charge in [0.25, 0.3) is 0 Å². The first-order valence-corrected chi connectivity index (χ1v) is 12.2. The molecule has 6 heteroatoms. The maximum absolute atomic E-state index is 12.8. The van der Waals surface area contributed by atoms with E-state index in [0.717, 1.165) is 43.4 Å². The summed E-state index contributed by atoms with van der Waals surface area (Å²) in [6.07, 6.45) is 7.43. The predicted octanol–water partition coefficient (Wildman–Crippen LogP) is 4.36. The molecule has 0 bridgehead atoms. The number of piperidine rings is 1. The summed E-state index contributed by atoms with van der Waals surface area (Å²) in [5.74, 6) is -0.607. The van der Waals surface area contributed by atoms with Crippen LogP contribution in [0, 0.1) is 23.2 Å². The summed E-state index contributed by atoms with van der Waals surface area (Å²) in [6, 6.07) is 21.0. The minimum atomic E-state index is -0.895. The fourth-order valence-electron chi connectivity index (χ4n) is 5.28. The van der Waals surface area contributed by atoms with E-state index in [1.807, 2.05) is 18.2 Å². The Morgan fingerprint density at radius 3 is 2.29 bits per heavy atom. The van der Waals surface area contributed by atoms with Crippen molar-refractivity contribution in [3.8, 4) is 17.2 Å². The van der Waals surface area contributed by atoms with Gasteiger partial charge >= 0.3 is 0 Å². The van der Waals surface area contributed by atoms with Gasteiger partial charge in [-0.15, -0.1) is 0 Å². The second-order valence-electron chi connectivity index (χ2n) is 9.70. The number of rotatable bonds is 7. The zero-order chi connectivity index (χ0) is 24.0. The summed E-state index contributed by atoms with van der Waals surface area (Å²) in [7, 11) is 0. The lowest BCUT2D eigenvalue weighted by molar-refractivity contribution is -0.130. The van der Waals surface area contributed by atoms with Crippen LogP contribution in [-0.4, -0.2) is 30.4 Å². The summed E-state index contributed by atoms with van der Waals surface area (Å²) in [6.45, 7) is 1.36. The van der Waals surface area contributed by atoms with E-state index in [9.17, 15) is 14.9 Å². The number of nitrogens with one attached hydrogen (secondary N) is 1. The number of nitriles is 1. The second-order valence-corrected chi connectivity index (χ2v) is 9.70. The molecule has 0 unspecified atom stereocenters. The maximum Gasteiger partial charge on any atom is 0.225 e. The van der Waals surface area contributed by atoms with Crippen LogP contribution in [0.15, 0.2) is 54.6 Å². The van der Waals surface area contributed by atoms with Gasteiger partial charge in [-0.2, -0.15) is 5.26 Å². The smallest absolute Gasteiger partial charge is 0.225 e. The Morgan fingerprint density at radius 2 is 1.65 bits per heavy atom. The van der Waals surface area contributed by atoms with Crippen LogP contribution in [0.3, 0.4) is 0 Å². The van der Waals surface area contributed by atoms with Crippen LogP contribution in [0.25, 0.3) is 11.1 Å². The van der Waals surface area contributed by atoms with Crippen molar-refractivity contribution in [2.45, 2.75) is 56.9 Å². The third-order valence-corrected chi connectivity index (χ3v) is 7.52. The molecular formula is C28H33N4O2. The SMILES string of the molecule is N#CC1(NC(=O)[CH]CC2(C(N)=O)CCCCC2)CCN(c2cccc(-c3ccccc3)c2)CC1. The van der Waals surface area contributed by atoms with Gasteiger partial charge in [0.2, 0.25) is 11.8 Å². The van der Waals surface area contributed by atoms with Gasteiger partial charge in [-0.25, -0.2) is 0 Å². The van der Waals surface area contributed by atoms with Gasteiger partial charge in [-0.05, 0) is 42.5 Å². The van der Waals surface area contributed by atoms with Crippen molar-refractivity contribution in [3.63, 3.8) is 0 Å². The van der Waals surface area contributed by atoms with E-state index in [4.69, 9.17) is 5.73 Å². The number of hydrogen-bond donors (Lipinski definition) is 2. The van der Waals surface area contributed by atoms with Crippen molar-refractivity contribution in [1.29, 1.82) is 5.26 Å². The first-order valence-electron chi connectivity index (χ1n) is 12.2. The van der Waals surface area contributed by atoms with Crippen LogP contribution in [0.4, 0.5) is 5.69 Å². The lowest BCUT2D eigenvalue weighted by atomic mass is 9.70. The molecule has 2 aliphatic rings. The van der Waals surface area contributed by atoms with Crippen LogP contribution >= 0.6 is 0 Å². The average molecular weight is 458 g/mol. The third-order valence-electron chi connectivity index (χ3n) is 7.52. The van der Waals surface area contributed by atoms with Crippen molar-refractivity contribution >= 4 is 17.5 Å². The first-order chi connectivity index (χ1) is 16.5. The molecule has 1 radical (unpaired) electrons. The van der Waals surface area contributed by atoms with Gasteiger partial charge in [0.15, 0.2) is 0 Å². The van der Waals surface area contributed by atoms with E-state index < -0.39 is 11.0 Å². The molecule has 6 nitrogen and oxygen atoms in total. The van der Waals surface area contributed by atoms with E-state index in [1.54, 1.807) is 0 Å². The monoisotopic (exact) mass is 457 g/mol. The van der Waals surface area contributed by atoms with Gasteiger partial charge in [0.05, 0.1) is 12.5 Å². The number of hydrogen-bond acceptors (Lipinski definition) is 4. The Morgan fingerprint density at radius 1 is 0.971 bits per heavy atom. The molecule has 2 aromatic rings. The van der Waals surface area contributed by atoms with E-state index in [2.05, 4.69) is 52.7 Å². The van der Waals surface area contributed by atoms with Gasteiger partial charge in [0, 0.05) is 37.0 Å². The van der Waals surface area contributed by atoms with Crippen LogP contribution in [0.5, 0.6) is 0 Å². The summed E-state index contributed by atoms with van der Waals surface area (Å²) in [4.78, 5) is 27.1. The Bertz CT molecular complexity index is 1050. The molecule has 2 amide bonds. The highest BCUT2D eigenvalue weighted by Gasteiger charge is 2.40. The number of carbonyl (C=O) groups is 2. The molecule has 0 spiro atoms. The molecule has 1 saturated heterocycles. The summed E-state index contributed by atoms with van der Waals surface area (Å²) in [5, 5.41) is 12.9. The number of carbonyl (C=O) groups excluding carboxylic acids is 2. The highest BCUT2D eigenvalue weighted by Crippen LogP contribution is 2.40. The van der Waals surface area contributed by atoms with Gasteiger partial charge < -0.3 is 16.0 Å². The fourth-order valence-corrected chi connectivity index (χ4v) is 5.28. The maximum atomic E-state index is 12.8. The first kappa shape index (κ1) is 23.8. The minimum Gasteiger partial charge on any atom is -0.371 e. The molecule has 3 N–H and O–H groups in total. The Balaban J connectivity index is 1.35. The molecule has 0 atom stereocenters. The third kappa shape index (κ3) is 5.25. The topological polar surface area (TPSA) is 99.2 Å². The van der Waals surface area contributed by atoms with Gasteiger partial charge in [0.1, 0.15) is 5.54 Å². The number of nitrogens with two attached hydrogens (primary N) is 1. The zero-order valence-corrected chi connectivity index (χ0v) is 19.6. The zero-order valence-electron chi connectivity index (χ0n) is 19.6. The van der Waals surface area contributed by atoms with Crippen LogP contribution in [0.1, 0.15) is 51.4 Å². The van der Waals surface area contributed by atoms with Crippen LogP contribution in [0.2, 0.25) is 0 Å². The lowest BCUT2D eigenvalue weighted by Gasteiger charge is -2.39. The number of primary amides is 1. The van der Waals surface area contributed by atoms with E-state index in [-0.39, 0.29) is 11.8 Å². The van der Waals surface area contributed by atoms with E-state index >= 15 is 0 Å². The molecule has 2 aromatic carbocycles. The number of anilines is 1. The van der Waals surface area contributed by atoms with Crippen LogP contribution < -0.4 is 16.0 Å². The highest BCUT2D eigenvalue weighted by molar-refractivity contribution is 5.88. The molecule has 1 saturated carbocycles. The predicted molar refractivity (Wildman–Crippen MR) is 133 cm³/mol. The van der Waals surface area contributed by atoms with Gasteiger partial charge in [-0.1, -0.05) is 61.7 Å². The minimum absolute atomic E-state index is 0.285. The number of amides is 2. The lowest BCUT2D eigenvalue weighted by Crippen LogP contribution is -2.55. The van der Waals surface area contributed by atoms with Crippen molar-refractivity contribution in [2.24, 2.45) is 11.1 Å². The molecule has 177 valence electrons. The van der Waals surface area contributed by atoms with Crippen molar-refractivity contribution in [3.05, 3.63) is 61.0 Å². The molecule has 1 heterocycles. The van der Waals surface area contributed by atoms with Gasteiger partial charge in [-0.3, -0.25) is 9.59 Å². The molecule has 1 aliphatic carbocycles. The summed E-state index contributed by atoms with van der Waals surface area (Å²) >= 11 is 0. The summed E-state index contributed by atoms with van der Waals surface area (Å²) < 4.78 is 0. The van der Waals surface area contributed by atoms with Crippen LogP contribution in [-0.2, 0) is 9.59 Å². The quantitative estimate of drug-likeness (QED) is 0.645. The standard InChI is InChI=1S/C28H33N4O2/c29-21-28(31-25(33)12-15-27(26(30)34)13-5-2-6-14-27)16-18-32(19-17-28)24-11-7-10-23(20-24)22-8-3-1-4-9-22/h1,3-4,7-12,20H,2,5-6,13-19H2,(H2,30,34)(H,31,33). The Kier molecular flexibility index (Phi) is 7.21. The number of nitrogens with zero attached hydrogens (tertiary/aromatic N) is 2.